The van der Waals surface area contributed by atoms with Crippen molar-refractivity contribution < 1.29 is 4.39 Å². The van der Waals surface area contributed by atoms with E-state index in [1.54, 1.807) is 6.07 Å². The van der Waals surface area contributed by atoms with Crippen LogP contribution in [0.4, 0.5) is 10.1 Å². The van der Waals surface area contributed by atoms with E-state index in [0.29, 0.717) is 11.6 Å². The number of nitrogens with one attached hydrogen (secondary N) is 1. The molecular formula is C14H21FN2. The topological polar surface area (TPSA) is 15.3 Å². The van der Waals surface area contributed by atoms with Gasteiger partial charge in [0.15, 0.2) is 0 Å². The lowest BCUT2D eigenvalue weighted by Gasteiger charge is -2.30. The molecule has 1 N–H and O–H groups in total. The Morgan fingerprint density at radius 1 is 1.47 bits per heavy atom. The number of anilines is 1. The molecule has 1 aromatic carbocycles. The van der Waals surface area contributed by atoms with Crippen molar-refractivity contribution in [1.29, 1.82) is 0 Å². The van der Waals surface area contributed by atoms with Crippen LogP contribution in [0.2, 0.25) is 0 Å². The minimum atomic E-state index is -0.144. The van der Waals surface area contributed by atoms with Crippen molar-refractivity contribution in [1.82, 2.24) is 4.90 Å². The van der Waals surface area contributed by atoms with Gasteiger partial charge in [0, 0.05) is 13.1 Å². The van der Waals surface area contributed by atoms with Crippen molar-refractivity contribution in [3.63, 3.8) is 0 Å². The van der Waals surface area contributed by atoms with Crippen LogP contribution in [0.5, 0.6) is 0 Å². The number of aryl methyl sites for hydroxylation is 1. The maximum Gasteiger partial charge on any atom is 0.146 e. The normalized spacial score (nSPS) is 21.5. The Morgan fingerprint density at radius 2 is 2.29 bits per heavy atom. The number of rotatable bonds is 3. The fourth-order valence-electron chi connectivity index (χ4n) is 2.54. The highest BCUT2D eigenvalue weighted by Gasteiger charge is 2.17. The van der Waals surface area contributed by atoms with E-state index in [-0.39, 0.29) is 5.82 Å². The van der Waals surface area contributed by atoms with Gasteiger partial charge in [0.05, 0.1) is 5.69 Å². The molecule has 2 nitrogen and oxygen atoms in total. The summed E-state index contributed by atoms with van der Waals surface area (Å²) in [6.45, 7) is 5.11. The molecule has 1 aliphatic rings. The fraction of sp³-hybridized carbons (Fsp3) is 0.571. The SMILES string of the molecule is Cc1cccc(F)c1NCC1CCCN(C)C1. The maximum atomic E-state index is 13.6. The number of halogens is 1. The second kappa shape index (κ2) is 5.50. The third-order valence-corrected chi connectivity index (χ3v) is 3.51. The predicted octanol–water partition coefficient (Wildman–Crippen LogP) is 2.89. The number of likely N-dealkylation sites (tertiary alicyclic amines) is 1. The quantitative estimate of drug-likeness (QED) is 0.868. The van der Waals surface area contributed by atoms with Gasteiger partial charge < -0.3 is 10.2 Å². The first-order valence-electron chi connectivity index (χ1n) is 6.34. The number of piperidine rings is 1. The highest BCUT2D eigenvalue weighted by molar-refractivity contribution is 5.51. The Morgan fingerprint density at radius 3 is 3.00 bits per heavy atom. The van der Waals surface area contributed by atoms with E-state index < -0.39 is 0 Å². The van der Waals surface area contributed by atoms with Gasteiger partial charge in [0.2, 0.25) is 0 Å². The summed E-state index contributed by atoms with van der Waals surface area (Å²) in [7, 11) is 2.15. The number of benzene rings is 1. The van der Waals surface area contributed by atoms with Gasteiger partial charge in [-0.3, -0.25) is 0 Å². The molecule has 1 aromatic rings. The zero-order valence-corrected chi connectivity index (χ0v) is 10.7. The lowest BCUT2D eigenvalue weighted by molar-refractivity contribution is 0.217. The van der Waals surface area contributed by atoms with Crippen molar-refractivity contribution in [2.45, 2.75) is 19.8 Å². The van der Waals surface area contributed by atoms with Crippen LogP contribution >= 0.6 is 0 Å². The van der Waals surface area contributed by atoms with E-state index in [0.717, 1.165) is 18.7 Å². The van der Waals surface area contributed by atoms with Gasteiger partial charge in [0.1, 0.15) is 5.82 Å². The summed E-state index contributed by atoms with van der Waals surface area (Å²) in [4.78, 5) is 2.35. The summed E-state index contributed by atoms with van der Waals surface area (Å²) in [5.74, 6) is 0.488. The van der Waals surface area contributed by atoms with Gasteiger partial charge in [-0.05, 0) is 50.9 Å². The molecule has 0 spiro atoms. The van der Waals surface area contributed by atoms with E-state index in [9.17, 15) is 4.39 Å². The lowest BCUT2D eigenvalue weighted by Crippen LogP contribution is -2.35. The zero-order chi connectivity index (χ0) is 12.3. The Labute approximate surface area is 103 Å². The second-order valence-corrected chi connectivity index (χ2v) is 5.08. The molecule has 0 amide bonds. The third kappa shape index (κ3) is 3.19. The molecule has 0 bridgehead atoms. The van der Waals surface area contributed by atoms with Crippen molar-refractivity contribution >= 4 is 5.69 Å². The summed E-state index contributed by atoms with van der Waals surface area (Å²) in [6, 6.07) is 5.21. The molecule has 1 saturated heterocycles. The molecule has 1 atom stereocenters. The molecule has 0 saturated carbocycles. The molecule has 0 radical (unpaired) electrons. The van der Waals surface area contributed by atoms with E-state index in [2.05, 4.69) is 17.3 Å². The largest absolute Gasteiger partial charge is 0.382 e. The molecule has 0 aliphatic carbocycles. The molecule has 0 aromatic heterocycles. The van der Waals surface area contributed by atoms with Crippen LogP contribution < -0.4 is 5.32 Å². The van der Waals surface area contributed by atoms with E-state index >= 15 is 0 Å². The molecule has 1 aliphatic heterocycles. The molecule has 3 heteroatoms. The second-order valence-electron chi connectivity index (χ2n) is 5.08. The number of hydrogen-bond donors (Lipinski definition) is 1. The van der Waals surface area contributed by atoms with Gasteiger partial charge >= 0.3 is 0 Å². The number of nitrogens with zero attached hydrogens (tertiary/aromatic N) is 1. The highest BCUT2D eigenvalue weighted by Crippen LogP contribution is 2.21. The van der Waals surface area contributed by atoms with Gasteiger partial charge in [-0.1, -0.05) is 12.1 Å². The average molecular weight is 236 g/mol. The zero-order valence-electron chi connectivity index (χ0n) is 10.7. The van der Waals surface area contributed by atoms with Gasteiger partial charge in [0.25, 0.3) is 0 Å². The van der Waals surface area contributed by atoms with Gasteiger partial charge in [-0.2, -0.15) is 0 Å². The van der Waals surface area contributed by atoms with E-state index in [4.69, 9.17) is 0 Å². The van der Waals surface area contributed by atoms with Crippen LogP contribution in [0.3, 0.4) is 0 Å². The highest BCUT2D eigenvalue weighted by atomic mass is 19.1. The van der Waals surface area contributed by atoms with Crippen LogP contribution in [0.15, 0.2) is 18.2 Å². The molecule has 1 heterocycles. The third-order valence-electron chi connectivity index (χ3n) is 3.51. The Hall–Kier alpha value is -1.09. The van der Waals surface area contributed by atoms with Crippen LogP contribution in [-0.2, 0) is 0 Å². The van der Waals surface area contributed by atoms with Crippen LogP contribution in [0.1, 0.15) is 18.4 Å². The van der Waals surface area contributed by atoms with Gasteiger partial charge in [-0.15, -0.1) is 0 Å². The Kier molecular flexibility index (Phi) is 4.00. The molecule has 94 valence electrons. The van der Waals surface area contributed by atoms with E-state index in [1.807, 2.05) is 13.0 Å². The monoisotopic (exact) mass is 236 g/mol. The molecule has 1 fully saturated rings. The van der Waals surface area contributed by atoms with Crippen LogP contribution in [-0.4, -0.2) is 31.6 Å². The van der Waals surface area contributed by atoms with Crippen molar-refractivity contribution in [3.8, 4) is 0 Å². The number of hydrogen-bond acceptors (Lipinski definition) is 2. The summed E-state index contributed by atoms with van der Waals surface area (Å²) < 4.78 is 13.6. The maximum absolute atomic E-state index is 13.6. The standard InChI is InChI=1S/C14H21FN2/c1-11-5-3-7-13(15)14(11)16-9-12-6-4-8-17(2)10-12/h3,5,7,12,16H,4,6,8-10H2,1-2H3. The molecule has 17 heavy (non-hydrogen) atoms. The minimum absolute atomic E-state index is 0.144. The van der Waals surface area contributed by atoms with Crippen molar-refractivity contribution in [3.05, 3.63) is 29.6 Å². The van der Waals surface area contributed by atoms with Crippen LogP contribution in [0, 0.1) is 18.7 Å². The predicted molar refractivity (Wildman–Crippen MR) is 69.8 cm³/mol. The molecule has 1 unspecified atom stereocenters. The smallest absolute Gasteiger partial charge is 0.146 e. The number of para-hydroxylation sites is 1. The van der Waals surface area contributed by atoms with Crippen LogP contribution in [0.25, 0.3) is 0 Å². The Balaban J connectivity index is 1.93. The molecular weight excluding hydrogens is 215 g/mol. The van der Waals surface area contributed by atoms with Crippen molar-refractivity contribution in [2.24, 2.45) is 5.92 Å². The summed E-state index contributed by atoms with van der Waals surface area (Å²) in [5, 5.41) is 3.27. The Bertz CT molecular complexity index is 358. The lowest BCUT2D eigenvalue weighted by atomic mass is 9.98. The first-order chi connectivity index (χ1) is 8.16. The van der Waals surface area contributed by atoms with Gasteiger partial charge in [-0.25, -0.2) is 4.39 Å². The fourth-order valence-corrected chi connectivity index (χ4v) is 2.54. The van der Waals surface area contributed by atoms with E-state index in [1.165, 1.54) is 25.5 Å². The molecule has 2 rings (SSSR count). The first-order valence-corrected chi connectivity index (χ1v) is 6.34. The summed E-state index contributed by atoms with van der Waals surface area (Å²) in [5.41, 5.74) is 1.65. The first kappa shape index (κ1) is 12.4. The van der Waals surface area contributed by atoms with Crippen molar-refractivity contribution in [2.75, 3.05) is 32.0 Å². The average Bonchev–Trinajstić information content (AvgIpc) is 2.28. The minimum Gasteiger partial charge on any atom is -0.382 e. The summed E-state index contributed by atoms with van der Waals surface area (Å²) >= 11 is 0. The summed E-state index contributed by atoms with van der Waals surface area (Å²) in [6.07, 6.45) is 2.49.